The lowest BCUT2D eigenvalue weighted by Gasteiger charge is -2.14. The van der Waals surface area contributed by atoms with Gasteiger partial charge in [-0.3, -0.25) is 9.48 Å². The molecule has 0 aliphatic heterocycles. The van der Waals surface area contributed by atoms with E-state index in [1.54, 1.807) is 10.7 Å². The van der Waals surface area contributed by atoms with Crippen molar-refractivity contribution in [3.05, 3.63) is 72.3 Å². The highest BCUT2D eigenvalue weighted by molar-refractivity contribution is 5.92. The van der Waals surface area contributed by atoms with E-state index in [-0.39, 0.29) is 11.9 Å². The lowest BCUT2D eigenvalue weighted by Crippen LogP contribution is -2.27. The Morgan fingerprint density at radius 1 is 1.13 bits per heavy atom. The van der Waals surface area contributed by atoms with Crippen molar-refractivity contribution in [1.82, 2.24) is 19.7 Å². The Bertz CT molecular complexity index is 772. The van der Waals surface area contributed by atoms with Crippen molar-refractivity contribution in [2.75, 3.05) is 0 Å². The van der Waals surface area contributed by atoms with Crippen LogP contribution >= 0.6 is 0 Å². The van der Waals surface area contributed by atoms with E-state index in [9.17, 15) is 4.79 Å². The molecule has 0 saturated heterocycles. The molecule has 0 fully saturated rings. The molecule has 118 valence electrons. The second-order valence-corrected chi connectivity index (χ2v) is 5.43. The molecule has 5 heteroatoms. The number of carbonyl (C=O) groups excluding carboxylic acids is 1. The fraction of sp³-hybridized carbons (Fsp3) is 0.222. The van der Waals surface area contributed by atoms with Crippen LogP contribution in [0, 0.1) is 0 Å². The average molecular weight is 308 g/mol. The number of hydrogen-bond donors (Lipinski definition) is 1. The number of rotatable bonds is 5. The minimum absolute atomic E-state index is 0.0759. The van der Waals surface area contributed by atoms with Crippen molar-refractivity contribution in [3.63, 3.8) is 0 Å². The SMILES string of the molecule is CCn1ccc(C(=O)N[C@H](C)c2ccc(-n3cccc3)cc2)n1. The Morgan fingerprint density at radius 3 is 2.43 bits per heavy atom. The molecule has 0 radical (unpaired) electrons. The zero-order chi connectivity index (χ0) is 16.2. The Labute approximate surface area is 135 Å². The normalized spacial score (nSPS) is 12.1. The van der Waals surface area contributed by atoms with E-state index in [1.165, 1.54) is 0 Å². The van der Waals surface area contributed by atoms with E-state index < -0.39 is 0 Å². The summed E-state index contributed by atoms with van der Waals surface area (Å²) < 4.78 is 3.79. The predicted molar refractivity (Wildman–Crippen MR) is 89.6 cm³/mol. The third-order valence-corrected chi connectivity index (χ3v) is 3.84. The molecule has 5 nitrogen and oxygen atoms in total. The second kappa shape index (κ2) is 6.52. The fourth-order valence-electron chi connectivity index (χ4n) is 2.45. The highest BCUT2D eigenvalue weighted by Gasteiger charge is 2.13. The first kappa shape index (κ1) is 15.1. The molecule has 0 bridgehead atoms. The van der Waals surface area contributed by atoms with Gasteiger partial charge < -0.3 is 9.88 Å². The van der Waals surface area contributed by atoms with E-state index in [0.29, 0.717) is 5.69 Å². The number of aromatic nitrogens is 3. The zero-order valence-corrected chi connectivity index (χ0v) is 13.3. The number of hydrogen-bond acceptors (Lipinski definition) is 2. The summed E-state index contributed by atoms with van der Waals surface area (Å²) in [4.78, 5) is 12.2. The van der Waals surface area contributed by atoms with E-state index in [0.717, 1.165) is 17.8 Å². The van der Waals surface area contributed by atoms with Gasteiger partial charge in [-0.15, -0.1) is 0 Å². The summed E-state index contributed by atoms with van der Waals surface area (Å²) in [7, 11) is 0. The largest absolute Gasteiger partial charge is 0.344 e. The lowest BCUT2D eigenvalue weighted by molar-refractivity contribution is 0.0934. The molecule has 0 unspecified atom stereocenters. The summed E-state index contributed by atoms with van der Waals surface area (Å²) in [6.07, 6.45) is 5.82. The predicted octanol–water partition coefficient (Wildman–Crippen LogP) is 3.18. The minimum atomic E-state index is -0.154. The Balaban J connectivity index is 1.68. The Hall–Kier alpha value is -2.82. The molecule has 3 rings (SSSR count). The second-order valence-electron chi connectivity index (χ2n) is 5.43. The molecule has 2 heterocycles. The summed E-state index contributed by atoms with van der Waals surface area (Å²) in [6.45, 7) is 4.71. The van der Waals surface area contributed by atoms with Gasteiger partial charge in [0.2, 0.25) is 0 Å². The minimum Gasteiger partial charge on any atom is -0.344 e. The van der Waals surface area contributed by atoms with Crippen LogP contribution < -0.4 is 5.32 Å². The number of amides is 1. The van der Waals surface area contributed by atoms with Crippen LogP contribution in [0.1, 0.15) is 35.9 Å². The topological polar surface area (TPSA) is 51.9 Å². The smallest absolute Gasteiger partial charge is 0.272 e. The molecule has 2 aromatic heterocycles. The molecule has 0 spiro atoms. The van der Waals surface area contributed by atoms with Gasteiger partial charge in [0.1, 0.15) is 5.69 Å². The highest BCUT2D eigenvalue weighted by Crippen LogP contribution is 2.16. The van der Waals surface area contributed by atoms with Gasteiger partial charge in [-0.05, 0) is 49.7 Å². The van der Waals surface area contributed by atoms with Crippen molar-refractivity contribution < 1.29 is 4.79 Å². The number of carbonyl (C=O) groups is 1. The summed E-state index contributed by atoms with van der Waals surface area (Å²) in [5, 5.41) is 7.21. The van der Waals surface area contributed by atoms with Crippen molar-refractivity contribution in [2.24, 2.45) is 0 Å². The Morgan fingerprint density at radius 2 is 1.83 bits per heavy atom. The van der Waals surface area contributed by atoms with Crippen LogP contribution in [-0.4, -0.2) is 20.3 Å². The van der Waals surface area contributed by atoms with E-state index >= 15 is 0 Å². The Kier molecular flexibility index (Phi) is 4.28. The van der Waals surface area contributed by atoms with Crippen LogP contribution in [-0.2, 0) is 6.54 Å². The summed E-state index contributed by atoms with van der Waals surface area (Å²) in [6, 6.07) is 13.8. The van der Waals surface area contributed by atoms with Gasteiger partial charge in [-0.25, -0.2) is 0 Å². The maximum atomic E-state index is 12.2. The van der Waals surface area contributed by atoms with Gasteiger partial charge in [0.05, 0.1) is 6.04 Å². The van der Waals surface area contributed by atoms with Crippen molar-refractivity contribution in [2.45, 2.75) is 26.4 Å². The number of benzene rings is 1. The van der Waals surface area contributed by atoms with Crippen molar-refractivity contribution >= 4 is 5.91 Å². The number of nitrogens with one attached hydrogen (secondary N) is 1. The van der Waals surface area contributed by atoms with Gasteiger partial charge in [0.15, 0.2) is 0 Å². The first-order valence-electron chi connectivity index (χ1n) is 7.75. The third kappa shape index (κ3) is 3.34. The monoisotopic (exact) mass is 308 g/mol. The summed E-state index contributed by atoms with van der Waals surface area (Å²) >= 11 is 0. The zero-order valence-electron chi connectivity index (χ0n) is 13.3. The molecular weight excluding hydrogens is 288 g/mol. The average Bonchev–Trinajstić information content (AvgIpc) is 3.26. The quantitative estimate of drug-likeness (QED) is 0.787. The summed E-state index contributed by atoms with van der Waals surface area (Å²) in [5.74, 6) is -0.154. The molecule has 1 aromatic carbocycles. The third-order valence-electron chi connectivity index (χ3n) is 3.84. The maximum absolute atomic E-state index is 12.2. The molecule has 0 saturated carbocycles. The van der Waals surface area contributed by atoms with Crippen LogP contribution in [0.3, 0.4) is 0 Å². The molecule has 3 aromatic rings. The van der Waals surface area contributed by atoms with Crippen molar-refractivity contribution in [3.8, 4) is 5.69 Å². The number of aryl methyl sites for hydroxylation is 1. The fourth-order valence-corrected chi connectivity index (χ4v) is 2.45. The first-order chi connectivity index (χ1) is 11.2. The molecule has 1 N–H and O–H groups in total. The van der Waals surface area contributed by atoms with Gasteiger partial charge in [0, 0.05) is 30.8 Å². The standard InChI is InChI=1S/C18H20N4O/c1-3-22-13-10-17(20-22)18(23)19-14(2)15-6-8-16(9-7-15)21-11-4-5-12-21/h4-14H,3H2,1-2H3,(H,19,23)/t14-/m1/s1. The van der Waals surface area contributed by atoms with E-state index in [1.807, 2.05) is 73.4 Å². The molecule has 0 aliphatic rings. The van der Waals surface area contributed by atoms with Gasteiger partial charge in [0.25, 0.3) is 5.91 Å². The van der Waals surface area contributed by atoms with Crippen LogP contribution in [0.15, 0.2) is 61.1 Å². The van der Waals surface area contributed by atoms with Gasteiger partial charge in [-0.1, -0.05) is 12.1 Å². The first-order valence-corrected chi connectivity index (χ1v) is 7.75. The molecular formula is C18H20N4O. The van der Waals surface area contributed by atoms with Crippen molar-refractivity contribution in [1.29, 1.82) is 0 Å². The van der Waals surface area contributed by atoms with Crippen LogP contribution in [0.25, 0.3) is 5.69 Å². The van der Waals surface area contributed by atoms with Crippen LogP contribution in [0.4, 0.5) is 0 Å². The number of nitrogens with zero attached hydrogens (tertiary/aromatic N) is 3. The summed E-state index contributed by atoms with van der Waals surface area (Å²) in [5.41, 5.74) is 2.60. The lowest BCUT2D eigenvalue weighted by atomic mass is 10.1. The molecule has 23 heavy (non-hydrogen) atoms. The van der Waals surface area contributed by atoms with E-state index in [4.69, 9.17) is 0 Å². The maximum Gasteiger partial charge on any atom is 0.272 e. The molecule has 0 aliphatic carbocycles. The molecule has 1 amide bonds. The van der Waals surface area contributed by atoms with Gasteiger partial charge in [-0.2, -0.15) is 5.10 Å². The van der Waals surface area contributed by atoms with Gasteiger partial charge >= 0.3 is 0 Å². The highest BCUT2D eigenvalue weighted by atomic mass is 16.2. The van der Waals surface area contributed by atoms with E-state index in [2.05, 4.69) is 10.4 Å². The molecule has 1 atom stereocenters. The van der Waals surface area contributed by atoms with Crippen LogP contribution in [0.5, 0.6) is 0 Å². The van der Waals surface area contributed by atoms with Crippen LogP contribution in [0.2, 0.25) is 0 Å².